The Kier molecular flexibility index (Phi) is 6.61. The third-order valence-corrected chi connectivity index (χ3v) is 3.88. The molecular formula is C17H27FN2O. The van der Waals surface area contributed by atoms with Crippen LogP contribution in [0.3, 0.4) is 0 Å². The van der Waals surface area contributed by atoms with Gasteiger partial charge in [0.25, 0.3) is 0 Å². The average Bonchev–Trinajstić information content (AvgIpc) is 3.31. The van der Waals surface area contributed by atoms with Crippen LogP contribution in [-0.2, 0) is 17.9 Å². The van der Waals surface area contributed by atoms with Crippen LogP contribution in [0.4, 0.5) is 4.39 Å². The summed E-state index contributed by atoms with van der Waals surface area (Å²) in [5.41, 5.74) is 1.76. The largest absolute Gasteiger partial charge is 0.375 e. The van der Waals surface area contributed by atoms with Crippen molar-refractivity contribution < 1.29 is 9.13 Å². The highest BCUT2D eigenvalue weighted by Crippen LogP contribution is 2.24. The second-order valence-electron chi connectivity index (χ2n) is 5.87. The fraction of sp³-hybridized carbons (Fsp3) is 0.647. The Morgan fingerprint density at radius 3 is 2.90 bits per heavy atom. The molecule has 2 rings (SSSR count). The molecule has 0 aliphatic heterocycles. The van der Waals surface area contributed by atoms with Gasteiger partial charge in [-0.15, -0.1) is 0 Å². The van der Waals surface area contributed by atoms with E-state index < -0.39 is 0 Å². The molecular weight excluding hydrogens is 267 g/mol. The van der Waals surface area contributed by atoms with Gasteiger partial charge in [-0.25, -0.2) is 4.39 Å². The lowest BCUT2D eigenvalue weighted by Crippen LogP contribution is -2.25. The molecule has 1 aromatic carbocycles. The van der Waals surface area contributed by atoms with Gasteiger partial charge in [0.1, 0.15) is 5.82 Å². The first kappa shape index (κ1) is 16.4. The molecule has 0 radical (unpaired) electrons. The van der Waals surface area contributed by atoms with Crippen molar-refractivity contribution in [3.05, 3.63) is 35.1 Å². The van der Waals surface area contributed by atoms with Gasteiger partial charge >= 0.3 is 0 Å². The lowest BCUT2D eigenvalue weighted by atomic mass is 10.1. The van der Waals surface area contributed by atoms with Gasteiger partial charge < -0.3 is 15.0 Å². The predicted molar refractivity (Wildman–Crippen MR) is 83.7 cm³/mol. The zero-order chi connectivity index (χ0) is 15.1. The number of nitrogens with one attached hydrogen (secondary N) is 1. The zero-order valence-electron chi connectivity index (χ0n) is 13.2. The maximum absolute atomic E-state index is 13.8. The molecule has 1 saturated carbocycles. The van der Waals surface area contributed by atoms with Crippen LogP contribution in [-0.4, -0.2) is 37.7 Å². The minimum absolute atomic E-state index is 0.176. The van der Waals surface area contributed by atoms with Crippen LogP contribution in [0.2, 0.25) is 0 Å². The number of rotatable bonds is 10. The quantitative estimate of drug-likeness (QED) is 0.672. The Bertz CT molecular complexity index is 435. The van der Waals surface area contributed by atoms with Gasteiger partial charge in [-0.05, 0) is 50.6 Å². The standard InChI is InChI=1S/C17H27FN2O/c1-3-8-19-12-14-4-7-17(18)15(11-14)13-21-10-9-20(2)16-5-6-16/h4,7,11,16,19H,3,5-6,8-10,12-13H2,1-2H3. The van der Waals surface area contributed by atoms with E-state index in [0.717, 1.165) is 37.7 Å². The Balaban J connectivity index is 1.73. The molecule has 0 atom stereocenters. The first-order valence-electron chi connectivity index (χ1n) is 7.96. The van der Waals surface area contributed by atoms with E-state index in [1.807, 2.05) is 12.1 Å². The molecule has 1 aromatic rings. The number of likely N-dealkylation sites (N-methyl/N-ethyl adjacent to an activating group) is 1. The highest BCUT2D eigenvalue weighted by Gasteiger charge is 2.25. The fourth-order valence-corrected chi connectivity index (χ4v) is 2.35. The summed E-state index contributed by atoms with van der Waals surface area (Å²) in [6, 6.07) is 6.03. The van der Waals surface area contributed by atoms with E-state index >= 15 is 0 Å². The number of hydrogen-bond donors (Lipinski definition) is 1. The van der Waals surface area contributed by atoms with E-state index in [1.54, 1.807) is 0 Å². The molecule has 0 heterocycles. The van der Waals surface area contributed by atoms with Crippen molar-refractivity contribution in [1.82, 2.24) is 10.2 Å². The first-order chi connectivity index (χ1) is 10.2. The maximum atomic E-state index is 13.8. The van der Waals surface area contributed by atoms with E-state index in [-0.39, 0.29) is 5.82 Å². The lowest BCUT2D eigenvalue weighted by molar-refractivity contribution is 0.0959. The van der Waals surface area contributed by atoms with E-state index in [4.69, 9.17) is 4.74 Å². The van der Waals surface area contributed by atoms with Gasteiger partial charge in [-0.3, -0.25) is 0 Å². The van der Waals surface area contributed by atoms with Gasteiger partial charge in [0.15, 0.2) is 0 Å². The molecule has 0 amide bonds. The van der Waals surface area contributed by atoms with E-state index in [2.05, 4.69) is 24.2 Å². The van der Waals surface area contributed by atoms with E-state index in [1.165, 1.54) is 18.9 Å². The van der Waals surface area contributed by atoms with Crippen molar-refractivity contribution in [3.8, 4) is 0 Å². The molecule has 118 valence electrons. The SMILES string of the molecule is CCCNCc1ccc(F)c(COCCN(C)C2CC2)c1. The van der Waals surface area contributed by atoms with Crippen LogP contribution in [0.5, 0.6) is 0 Å². The Morgan fingerprint density at radius 1 is 1.38 bits per heavy atom. The Labute approximate surface area is 127 Å². The topological polar surface area (TPSA) is 24.5 Å². The molecule has 1 aliphatic rings. The van der Waals surface area contributed by atoms with Crippen molar-refractivity contribution in [2.75, 3.05) is 26.7 Å². The molecule has 1 aliphatic carbocycles. The van der Waals surface area contributed by atoms with Crippen molar-refractivity contribution in [2.24, 2.45) is 0 Å². The molecule has 0 bridgehead atoms. The highest BCUT2D eigenvalue weighted by molar-refractivity contribution is 5.24. The normalized spacial score (nSPS) is 14.9. The van der Waals surface area contributed by atoms with Gasteiger partial charge in [-0.1, -0.05) is 13.0 Å². The van der Waals surface area contributed by atoms with Crippen LogP contribution < -0.4 is 5.32 Å². The monoisotopic (exact) mass is 294 g/mol. The van der Waals surface area contributed by atoms with Crippen molar-refractivity contribution in [2.45, 2.75) is 45.4 Å². The minimum Gasteiger partial charge on any atom is -0.375 e. The van der Waals surface area contributed by atoms with Crippen molar-refractivity contribution in [1.29, 1.82) is 0 Å². The van der Waals surface area contributed by atoms with Crippen molar-refractivity contribution in [3.63, 3.8) is 0 Å². The number of ether oxygens (including phenoxy) is 1. The van der Waals surface area contributed by atoms with Gasteiger partial charge in [0.2, 0.25) is 0 Å². The van der Waals surface area contributed by atoms with Crippen LogP contribution in [0.15, 0.2) is 18.2 Å². The predicted octanol–water partition coefficient (Wildman–Crippen LogP) is 2.94. The Hall–Kier alpha value is -0.970. The summed E-state index contributed by atoms with van der Waals surface area (Å²) in [4.78, 5) is 2.32. The second-order valence-corrected chi connectivity index (χ2v) is 5.87. The summed E-state index contributed by atoms with van der Waals surface area (Å²) in [5, 5.41) is 3.33. The molecule has 1 fully saturated rings. The van der Waals surface area contributed by atoms with Crippen LogP contribution in [0.25, 0.3) is 0 Å². The average molecular weight is 294 g/mol. The molecule has 0 aromatic heterocycles. The van der Waals surface area contributed by atoms with E-state index in [0.29, 0.717) is 18.8 Å². The van der Waals surface area contributed by atoms with Crippen LogP contribution >= 0.6 is 0 Å². The minimum atomic E-state index is -0.176. The molecule has 0 saturated heterocycles. The summed E-state index contributed by atoms with van der Waals surface area (Å²) in [6.07, 6.45) is 3.71. The van der Waals surface area contributed by atoms with Crippen LogP contribution in [0, 0.1) is 5.82 Å². The van der Waals surface area contributed by atoms with E-state index in [9.17, 15) is 4.39 Å². The maximum Gasteiger partial charge on any atom is 0.128 e. The highest BCUT2D eigenvalue weighted by atomic mass is 19.1. The third-order valence-electron chi connectivity index (χ3n) is 3.88. The molecule has 4 heteroatoms. The summed E-state index contributed by atoms with van der Waals surface area (Å²) >= 11 is 0. The van der Waals surface area contributed by atoms with Crippen molar-refractivity contribution >= 4 is 0 Å². The smallest absolute Gasteiger partial charge is 0.128 e. The summed E-state index contributed by atoms with van der Waals surface area (Å²) < 4.78 is 19.4. The lowest BCUT2D eigenvalue weighted by Gasteiger charge is -2.15. The molecule has 3 nitrogen and oxygen atoms in total. The number of benzene rings is 1. The summed E-state index contributed by atoms with van der Waals surface area (Å²) in [6.45, 7) is 5.83. The number of hydrogen-bond acceptors (Lipinski definition) is 3. The molecule has 0 spiro atoms. The number of nitrogens with zero attached hydrogens (tertiary/aromatic N) is 1. The molecule has 21 heavy (non-hydrogen) atoms. The summed E-state index contributed by atoms with van der Waals surface area (Å²) in [5.74, 6) is -0.176. The zero-order valence-corrected chi connectivity index (χ0v) is 13.2. The summed E-state index contributed by atoms with van der Waals surface area (Å²) in [7, 11) is 2.13. The van der Waals surface area contributed by atoms with Gasteiger partial charge in [0, 0.05) is 24.7 Å². The van der Waals surface area contributed by atoms with Gasteiger partial charge in [-0.2, -0.15) is 0 Å². The second kappa shape index (κ2) is 8.47. The number of halogens is 1. The first-order valence-corrected chi connectivity index (χ1v) is 7.96. The third kappa shape index (κ3) is 5.73. The Morgan fingerprint density at radius 2 is 2.19 bits per heavy atom. The molecule has 0 unspecified atom stereocenters. The van der Waals surface area contributed by atoms with Gasteiger partial charge in [0.05, 0.1) is 13.2 Å². The molecule has 1 N–H and O–H groups in total. The van der Waals surface area contributed by atoms with Crippen LogP contribution in [0.1, 0.15) is 37.3 Å². The fourth-order valence-electron chi connectivity index (χ4n) is 2.35.